The Kier molecular flexibility index (Phi) is 5.08. The molecule has 0 aliphatic rings. The Morgan fingerprint density at radius 3 is 2.90 bits per heavy atom. The number of hydrogen-bond acceptors (Lipinski definition) is 6. The molecule has 1 heterocycles. The molecule has 8 heteroatoms. The van der Waals surface area contributed by atoms with E-state index in [1.54, 1.807) is 18.2 Å². The third-order valence-electron chi connectivity index (χ3n) is 2.49. The van der Waals surface area contributed by atoms with Gasteiger partial charge in [0.1, 0.15) is 0 Å². The van der Waals surface area contributed by atoms with Crippen LogP contribution < -0.4 is 11.1 Å². The minimum Gasteiger partial charge on any atom is -0.408 e. The highest BCUT2D eigenvalue weighted by atomic mass is 35.5. The fourth-order valence-corrected chi connectivity index (χ4v) is 2.51. The average molecular weight is 327 g/mol. The molecule has 0 radical (unpaired) electrons. The first-order chi connectivity index (χ1) is 9.95. The summed E-state index contributed by atoms with van der Waals surface area (Å²) in [6.45, 7) is 3.85. The van der Waals surface area contributed by atoms with Crippen LogP contribution >= 0.6 is 23.4 Å². The average Bonchev–Trinajstić information content (AvgIpc) is 2.88. The molecule has 0 aliphatic heterocycles. The number of nitrogens with one attached hydrogen (secondary N) is 1. The van der Waals surface area contributed by atoms with Crippen molar-refractivity contribution in [3.63, 3.8) is 0 Å². The maximum Gasteiger partial charge on any atom is 0.322 e. The van der Waals surface area contributed by atoms with E-state index in [-0.39, 0.29) is 23.6 Å². The number of nitrogens with zero attached hydrogens (tertiary/aromatic N) is 2. The largest absolute Gasteiger partial charge is 0.408 e. The van der Waals surface area contributed by atoms with Crippen LogP contribution in [0, 0.1) is 0 Å². The molecule has 1 amide bonds. The molecule has 1 aromatic carbocycles. The molecule has 112 valence electrons. The number of nitrogen functional groups attached to an aromatic ring is 1. The van der Waals surface area contributed by atoms with Gasteiger partial charge in [-0.25, -0.2) is 0 Å². The summed E-state index contributed by atoms with van der Waals surface area (Å²) in [6.07, 6.45) is 0. The normalized spacial score (nSPS) is 10.9. The number of rotatable bonds is 5. The summed E-state index contributed by atoms with van der Waals surface area (Å²) < 4.78 is 5.30. The van der Waals surface area contributed by atoms with Gasteiger partial charge in [-0.1, -0.05) is 30.5 Å². The lowest BCUT2D eigenvalue weighted by atomic mass is 10.2. The highest BCUT2D eigenvalue weighted by Gasteiger charge is 2.13. The lowest BCUT2D eigenvalue weighted by Crippen LogP contribution is -2.14. The summed E-state index contributed by atoms with van der Waals surface area (Å²) in [4.78, 5) is 12.6. The van der Waals surface area contributed by atoms with Gasteiger partial charge >= 0.3 is 6.01 Å². The molecule has 2 aromatic rings. The molecule has 0 saturated heterocycles. The van der Waals surface area contributed by atoms with Crippen LogP contribution in [0.2, 0.25) is 5.02 Å². The summed E-state index contributed by atoms with van der Waals surface area (Å²) in [5.41, 5.74) is 6.28. The van der Waals surface area contributed by atoms with Crippen molar-refractivity contribution in [2.45, 2.75) is 24.7 Å². The molecular weight excluding hydrogens is 312 g/mol. The summed E-state index contributed by atoms with van der Waals surface area (Å²) in [5.74, 6) is 0.514. The van der Waals surface area contributed by atoms with Gasteiger partial charge in [-0.05, 0) is 18.2 Å². The van der Waals surface area contributed by atoms with E-state index in [4.69, 9.17) is 21.8 Å². The van der Waals surface area contributed by atoms with Crippen molar-refractivity contribution in [1.29, 1.82) is 0 Å². The molecule has 0 atom stereocenters. The van der Waals surface area contributed by atoms with Crippen LogP contribution in [0.15, 0.2) is 27.5 Å². The van der Waals surface area contributed by atoms with E-state index >= 15 is 0 Å². The summed E-state index contributed by atoms with van der Waals surface area (Å²) >= 11 is 7.32. The van der Waals surface area contributed by atoms with Gasteiger partial charge in [0.2, 0.25) is 11.8 Å². The van der Waals surface area contributed by atoms with Crippen LogP contribution in [-0.4, -0.2) is 21.9 Å². The molecule has 21 heavy (non-hydrogen) atoms. The van der Waals surface area contributed by atoms with Gasteiger partial charge in [0.15, 0.2) is 0 Å². The topological polar surface area (TPSA) is 94.0 Å². The van der Waals surface area contributed by atoms with E-state index < -0.39 is 0 Å². The molecule has 0 fully saturated rings. The lowest BCUT2D eigenvalue weighted by Gasteiger charge is -2.04. The number of aromatic nitrogens is 2. The Hall–Kier alpha value is -1.73. The Morgan fingerprint density at radius 2 is 2.24 bits per heavy atom. The number of carbonyl (C=O) groups is 1. The summed E-state index contributed by atoms with van der Waals surface area (Å²) in [5, 5.41) is 10.7. The van der Waals surface area contributed by atoms with Crippen molar-refractivity contribution >= 4 is 41.0 Å². The standard InChI is InChI=1S/C13H15ClN4O2S/c1-7(2)12-17-18-13(20-12)16-11(19)6-21-10-5-8(15)3-4-9(10)14/h3-5,7H,6,15H2,1-2H3,(H,16,18,19). The van der Waals surface area contributed by atoms with Gasteiger partial charge in [0.25, 0.3) is 0 Å². The molecule has 0 spiro atoms. The number of benzene rings is 1. The summed E-state index contributed by atoms with van der Waals surface area (Å²) in [6, 6.07) is 5.23. The van der Waals surface area contributed by atoms with Crippen molar-refractivity contribution in [1.82, 2.24) is 10.2 Å². The van der Waals surface area contributed by atoms with Crippen LogP contribution in [0.3, 0.4) is 0 Å². The Bertz CT molecular complexity index is 645. The number of nitrogens with two attached hydrogens (primary N) is 1. The van der Waals surface area contributed by atoms with E-state index in [1.807, 2.05) is 13.8 Å². The smallest absolute Gasteiger partial charge is 0.322 e. The van der Waals surface area contributed by atoms with Gasteiger partial charge in [0, 0.05) is 16.5 Å². The molecule has 0 saturated carbocycles. The zero-order valence-electron chi connectivity index (χ0n) is 11.6. The predicted octanol–water partition coefficient (Wildman–Crippen LogP) is 3.16. The molecule has 3 N–H and O–H groups in total. The van der Waals surface area contributed by atoms with Crippen molar-refractivity contribution in [3.05, 3.63) is 29.1 Å². The fourth-order valence-electron chi connectivity index (χ4n) is 1.45. The first kappa shape index (κ1) is 15.7. The summed E-state index contributed by atoms with van der Waals surface area (Å²) in [7, 11) is 0. The monoisotopic (exact) mass is 326 g/mol. The van der Waals surface area contributed by atoms with E-state index in [1.165, 1.54) is 11.8 Å². The number of thioether (sulfide) groups is 1. The number of hydrogen-bond donors (Lipinski definition) is 2. The molecule has 1 aromatic heterocycles. The van der Waals surface area contributed by atoms with Crippen molar-refractivity contribution in [3.8, 4) is 0 Å². The minimum atomic E-state index is -0.252. The maximum atomic E-state index is 11.8. The zero-order chi connectivity index (χ0) is 15.4. The van der Waals surface area contributed by atoms with Crippen LogP contribution in [0.25, 0.3) is 0 Å². The third kappa shape index (κ3) is 4.37. The predicted molar refractivity (Wildman–Crippen MR) is 83.6 cm³/mol. The molecule has 0 aliphatic carbocycles. The van der Waals surface area contributed by atoms with Crippen LogP contribution in [0.1, 0.15) is 25.7 Å². The zero-order valence-corrected chi connectivity index (χ0v) is 13.2. The molecule has 2 rings (SSSR count). The van der Waals surface area contributed by atoms with Gasteiger partial charge in [-0.3, -0.25) is 10.1 Å². The van der Waals surface area contributed by atoms with Gasteiger partial charge in [-0.15, -0.1) is 16.9 Å². The van der Waals surface area contributed by atoms with Crippen LogP contribution in [0.4, 0.5) is 11.7 Å². The van der Waals surface area contributed by atoms with E-state index in [0.29, 0.717) is 16.6 Å². The Morgan fingerprint density at radius 1 is 1.48 bits per heavy atom. The van der Waals surface area contributed by atoms with Crippen molar-refractivity contribution < 1.29 is 9.21 Å². The minimum absolute atomic E-state index is 0.1000. The molecule has 6 nitrogen and oxygen atoms in total. The molecule has 0 unspecified atom stereocenters. The van der Waals surface area contributed by atoms with Crippen molar-refractivity contribution in [2.24, 2.45) is 0 Å². The number of anilines is 2. The van der Waals surface area contributed by atoms with E-state index in [0.717, 1.165) is 4.90 Å². The van der Waals surface area contributed by atoms with Gasteiger partial charge in [-0.2, -0.15) is 0 Å². The molecule has 0 bridgehead atoms. The second-order valence-electron chi connectivity index (χ2n) is 4.63. The fraction of sp³-hybridized carbons (Fsp3) is 0.308. The second kappa shape index (κ2) is 6.82. The number of carbonyl (C=O) groups excluding carboxylic acids is 1. The Balaban J connectivity index is 1.91. The lowest BCUT2D eigenvalue weighted by molar-refractivity contribution is -0.113. The maximum absolute atomic E-state index is 11.8. The first-order valence-corrected chi connectivity index (χ1v) is 7.63. The highest BCUT2D eigenvalue weighted by molar-refractivity contribution is 8.00. The SMILES string of the molecule is CC(C)c1nnc(NC(=O)CSc2cc(N)ccc2Cl)o1. The quantitative estimate of drug-likeness (QED) is 0.647. The second-order valence-corrected chi connectivity index (χ2v) is 6.05. The number of halogens is 1. The third-order valence-corrected chi connectivity index (χ3v) is 3.99. The van der Waals surface area contributed by atoms with Crippen molar-refractivity contribution in [2.75, 3.05) is 16.8 Å². The highest BCUT2D eigenvalue weighted by Crippen LogP contribution is 2.29. The van der Waals surface area contributed by atoms with Gasteiger partial charge in [0.05, 0.1) is 10.8 Å². The van der Waals surface area contributed by atoms with E-state index in [9.17, 15) is 4.79 Å². The first-order valence-electron chi connectivity index (χ1n) is 6.27. The van der Waals surface area contributed by atoms with Crippen LogP contribution in [0.5, 0.6) is 0 Å². The van der Waals surface area contributed by atoms with Crippen LogP contribution in [-0.2, 0) is 4.79 Å². The number of amides is 1. The van der Waals surface area contributed by atoms with E-state index in [2.05, 4.69) is 15.5 Å². The Labute approximate surface area is 131 Å². The van der Waals surface area contributed by atoms with Gasteiger partial charge < -0.3 is 10.2 Å². The molecular formula is C13H15ClN4O2S.